The maximum absolute atomic E-state index is 12.8. The van der Waals surface area contributed by atoms with Gasteiger partial charge in [0.25, 0.3) is 0 Å². The molecular formula is C15H10ClF3N2O. The van der Waals surface area contributed by atoms with Crippen LogP contribution in [0.2, 0.25) is 5.02 Å². The average Bonchev–Trinajstić information content (AvgIpc) is 2.43. The summed E-state index contributed by atoms with van der Waals surface area (Å²) >= 11 is 5.55. The van der Waals surface area contributed by atoms with E-state index in [-0.39, 0.29) is 17.2 Å². The molecule has 22 heavy (non-hydrogen) atoms. The minimum atomic E-state index is -4.59. The van der Waals surface area contributed by atoms with Gasteiger partial charge >= 0.3 is 6.18 Å². The van der Waals surface area contributed by atoms with Gasteiger partial charge < -0.3 is 10.5 Å². The van der Waals surface area contributed by atoms with Crippen LogP contribution in [-0.2, 0) is 6.18 Å². The molecule has 0 saturated carbocycles. The fourth-order valence-corrected chi connectivity index (χ4v) is 1.90. The first-order valence-corrected chi connectivity index (χ1v) is 6.38. The van der Waals surface area contributed by atoms with Crippen LogP contribution in [-0.4, -0.2) is 4.98 Å². The molecule has 0 saturated heterocycles. The number of hydrogen-bond acceptors (Lipinski definition) is 3. The van der Waals surface area contributed by atoms with Gasteiger partial charge in [0.05, 0.1) is 27.5 Å². The second kappa shape index (κ2) is 5.78. The molecule has 0 amide bonds. The fraction of sp³-hybridized carbons (Fsp3) is 0.133. The lowest BCUT2D eigenvalue weighted by molar-refractivity contribution is -0.137. The summed E-state index contributed by atoms with van der Waals surface area (Å²) in [7, 11) is 0. The maximum Gasteiger partial charge on any atom is 0.417 e. The number of alkyl halides is 3. The Hall–Kier alpha value is -2.39. The van der Waals surface area contributed by atoms with Crippen molar-refractivity contribution in [1.82, 2.24) is 4.98 Å². The molecule has 0 aliphatic rings. The van der Waals surface area contributed by atoms with E-state index in [9.17, 15) is 13.2 Å². The smallest absolute Gasteiger partial charge is 0.417 e. The van der Waals surface area contributed by atoms with E-state index in [1.54, 1.807) is 6.92 Å². The Morgan fingerprint density at radius 2 is 2.00 bits per heavy atom. The zero-order chi connectivity index (χ0) is 16.5. The van der Waals surface area contributed by atoms with E-state index in [4.69, 9.17) is 28.5 Å². The monoisotopic (exact) mass is 326 g/mol. The summed E-state index contributed by atoms with van der Waals surface area (Å²) < 4.78 is 43.8. The van der Waals surface area contributed by atoms with Gasteiger partial charge in [-0.05, 0) is 31.2 Å². The highest BCUT2D eigenvalue weighted by Gasteiger charge is 2.33. The normalized spacial score (nSPS) is 11.1. The molecule has 0 spiro atoms. The predicted molar refractivity (Wildman–Crippen MR) is 77.8 cm³/mol. The number of nitrogen functional groups attached to an aromatic ring is 1. The molecule has 2 N–H and O–H groups in total. The van der Waals surface area contributed by atoms with Gasteiger partial charge in [-0.2, -0.15) is 13.2 Å². The van der Waals surface area contributed by atoms with E-state index < -0.39 is 16.8 Å². The molecule has 0 aliphatic carbocycles. The van der Waals surface area contributed by atoms with Crippen LogP contribution in [0.15, 0.2) is 24.3 Å². The van der Waals surface area contributed by atoms with Crippen molar-refractivity contribution >= 4 is 17.3 Å². The van der Waals surface area contributed by atoms with E-state index in [1.807, 2.05) is 0 Å². The van der Waals surface area contributed by atoms with Crippen LogP contribution >= 0.6 is 11.6 Å². The highest BCUT2D eigenvalue weighted by molar-refractivity contribution is 6.31. The third-order valence-corrected chi connectivity index (χ3v) is 3.16. The van der Waals surface area contributed by atoms with E-state index in [0.717, 1.165) is 12.1 Å². The van der Waals surface area contributed by atoms with Crippen LogP contribution in [0.4, 0.5) is 18.9 Å². The van der Waals surface area contributed by atoms with Gasteiger partial charge in [-0.1, -0.05) is 17.5 Å². The maximum atomic E-state index is 12.8. The van der Waals surface area contributed by atoms with Gasteiger partial charge in [0.2, 0.25) is 5.88 Å². The number of ether oxygens (including phenoxy) is 1. The number of benzene rings is 1. The molecule has 0 atom stereocenters. The van der Waals surface area contributed by atoms with Crippen molar-refractivity contribution in [3.05, 3.63) is 46.1 Å². The Morgan fingerprint density at radius 1 is 1.32 bits per heavy atom. The lowest BCUT2D eigenvalue weighted by Gasteiger charge is -2.13. The lowest BCUT2D eigenvalue weighted by Crippen LogP contribution is -2.06. The first-order chi connectivity index (χ1) is 10.2. The first-order valence-electron chi connectivity index (χ1n) is 6.00. The van der Waals surface area contributed by atoms with Crippen molar-refractivity contribution in [3.8, 4) is 24.0 Å². The van der Waals surface area contributed by atoms with Crippen LogP contribution in [0.5, 0.6) is 11.6 Å². The SMILES string of the molecule is C#Cc1cc(N)c(C)nc1Oc1ccc(Cl)c(C(F)(F)F)c1. The fourth-order valence-electron chi connectivity index (χ4n) is 1.68. The third-order valence-electron chi connectivity index (χ3n) is 2.83. The summed E-state index contributed by atoms with van der Waals surface area (Å²) in [5.41, 5.74) is 5.75. The Morgan fingerprint density at radius 3 is 2.59 bits per heavy atom. The Bertz CT molecular complexity index is 767. The molecule has 0 bridgehead atoms. The van der Waals surface area contributed by atoms with Crippen molar-refractivity contribution in [2.45, 2.75) is 13.1 Å². The van der Waals surface area contributed by atoms with Gasteiger partial charge in [-0.25, -0.2) is 4.98 Å². The minimum absolute atomic E-state index is 0.00430. The number of aromatic nitrogens is 1. The standard InChI is InChI=1S/C15H10ClF3N2O/c1-3-9-6-13(20)8(2)21-14(9)22-10-4-5-12(16)11(7-10)15(17,18)19/h1,4-7H,20H2,2H3. The van der Waals surface area contributed by atoms with Crippen molar-refractivity contribution in [2.24, 2.45) is 0 Å². The number of halogens is 4. The van der Waals surface area contributed by atoms with Crippen molar-refractivity contribution in [3.63, 3.8) is 0 Å². The van der Waals surface area contributed by atoms with E-state index >= 15 is 0 Å². The largest absolute Gasteiger partial charge is 0.438 e. The van der Waals surface area contributed by atoms with E-state index in [1.165, 1.54) is 12.1 Å². The Labute approximate surface area is 129 Å². The zero-order valence-electron chi connectivity index (χ0n) is 11.3. The van der Waals surface area contributed by atoms with Crippen molar-refractivity contribution in [2.75, 3.05) is 5.73 Å². The molecule has 7 heteroatoms. The molecule has 114 valence electrons. The van der Waals surface area contributed by atoms with Gasteiger partial charge in [0.1, 0.15) is 5.75 Å². The second-order valence-corrected chi connectivity index (χ2v) is 4.81. The molecule has 1 heterocycles. The highest BCUT2D eigenvalue weighted by Crippen LogP contribution is 2.38. The molecule has 0 unspecified atom stereocenters. The summed E-state index contributed by atoms with van der Waals surface area (Å²) in [6.07, 6.45) is 0.732. The second-order valence-electron chi connectivity index (χ2n) is 4.40. The van der Waals surface area contributed by atoms with Crippen molar-refractivity contribution in [1.29, 1.82) is 0 Å². The summed E-state index contributed by atoms with van der Waals surface area (Å²) in [6.45, 7) is 1.63. The van der Waals surface area contributed by atoms with Gasteiger partial charge in [-0.15, -0.1) is 6.42 Å². The topological polar surface area (TPSA) is 48.1 Å². The predicted octanol–water partition coefficient (Wildman–Crippen LogP) is 4.42. The van der Waals surface area contributed by atoms with Crippen LogP contribution < -0.4 is 10.5 Å². The molecule has 1 aromatic carbocycles. The lowest BCUT2D eigenvalue weighted by atomic mass is 10.2. The Kier molecular flexibility index (Phi) is 4.20. The van der Waals surface area contributed by atoms with Crippen molar-refractivity contribution < 1.29 is 17.9 Å². The van der Waals surface area contributed by atoms with Gasteiger partial charge in [-0.3, -0.25) is 0 Å². The number of terminal acetylenes is 1. The number of aryl methyl sites for hydroxylation is 1. The van der Waals surface area contributed by atoms with E-state index in [0.29, 0.717) is 11.4 Å². The highest BCUT2D eigenvalue weighted by atomic mass is 35.5. The van der Waals surface area contributed by atoms with Gasteiger partial charge in [0.15, 0.2) is 0 Å². The molecule has 2 aromatic rings. The molecule has 3 nitrogen and oxygen atoms in total. The number of pyridine rings is 1. The van der Waals surface area contributed by atoms with Crippen LogP contribution in [0.25, 0.3) is 0 Å². The summed E-state index contributed by atoms with van der Waals surface area (Å²) in [5.74, 6) is 2.25. The molecular weight excluding hydrogens is 317 g/mol. The van der Waals surface area contributed by atoms with Crippen LogP contribution in [0.1, 0.15) is 16.8 Å². The van der Waals surface area contributed by atoms with Gasteiger partial charge in [0, 0.05) is 0 Å². The van der Waals surface area contributed by atoms with Crippen LogP contribution in [0.3, 0.4) is 0 Å². The quantitative estimate of drug-likeness (QED) is 0.831. The summed E-state index contributed by atoms with van der Waals surface area (Å²) in [6, 6.07) is 4.65. The Balaban J connectivity index is 2.45. The number of rotatable bonds is 2. The molecule has 0 radical (unpaired) electrons. The first kappa shape index (κ1) is 16.0. The van der Waals surface area contributed by atoms with E-state index in [2.05, 4.69) is 10.9 Å². The molecule has 2 rings (SSSR count). The molecule has 1 aromatic heterocycles. The van der Waals surface area contributed by atoms with Crippen LogP contribution in [0, 0.1) is 19.3 Å². The number of hydrogen-bond donors (Lipinski definition) is 1. The zero-order valence-corrected chi connectivity index (χ0v) is 12.1. The number of nitrogens with zero attached hydrogens (tertiary/aromatic N) is 1. The third kappa shape index (κ3) is 3.26. The summed E-state index contributed by atoms with van der Waals surface area (Å²) in [4.78, 5) is 4.05. The molecule has 0 fully saturated rings. The molecule has 0 aliphatic heterocycles. The average molecular weight is 327 g/mol. The number of nitrogens with two attached hydrogens (primary N) is 1. The minimum Gasteiger partial charge on any atom is -0.438 e. The number of anilines is 1. The summed E-state index contributed by atoms with van der Waals surface area (Å²) in [5, 5.41) is -0.418.